The third kappa shape index (κ3) is 4.59. The second kappa shape index (κ2) is 6.12. The number of hydrogen-bond acceptors (Lipinski definition) is 4. The Hall–Kier alpha value is -1.82. The molecule has 3 atom stereocenters. The number of carbonyl (C=O) groups excluding carboxylic acids is 1. The van der Waals surface area contributed by atoms with Gasteiger partial charge in [0.2, 0.25) is 0 Å². The van der Waals surface area contributed by atoms with Crippen molar-refractivity contribution >= 4 is 6.09 Å². The van der Waals surface area contributed by atoms with Crippen molar-refractivity contribution in [2.45, 2.75) is 57.8 Å². The van der Waals surface area contributed by atoms with Gasteiger partial charge in [-0.05, 0) is 40.2 Å². The molecule has 1 saturated carbocycles. The van der Waals surface area contributed by atoms with Gasteiger partial charge in [-0.15, -0.1) is 0 Å². The maximum absolute atomic E-state index is 13.0. The molecular formula is C16H23FN2O3. The lowest BCUT2D eigenvalue weighted by atomic mass is 10.1. The SMILES string of the molecule is CC(NC1CC1NC(=O)OC(C)(C)C)c1ccc(F)cc1O. The van der Waals surface area contributed by atoms with Gasteiger partial charge >= 0.3 is 6.09 Å². The molecule has 1 amide bonds. The van der Waals surface area contributed by atoms with E-state index in [9.17, 15) is 14.3 Å². The molecule has 1 aromatic rings. The molecule has 2 rings (SSSR count). The fourth-order valence-corrected chi connectivity index (χ4v) is 2.29. The Morgan fingerprint density at radius 1 is 1.41 bits per heavy atom. The van der Waals surface area contributed by atoms with E-state index in [0.29, 0.717) is 5.56 Å². The van der Waals surface area contributed by atoms with Crippen LogP contribution in [-0.4, -0.2) is 28.9 Å². The average Bonchev–Trinajstić information content (AvgIpc) is 3.03. The van der Waals surface area contributed by atoms with E-state index in [4.69, 9.17) is 4.74 Å². The predicted octanol–water partition coefficient (Wildman–Crippen LogP) is 2.85. The number of benzene rings is 1. The molecule has 5 nitrogen and oxygen atoms in total. The summed E-state index contributed by atoms with van der Waals surface area (Å²) in [6, 6.07) is 3.96. The van der Waals surface area contributed by atoms with Crippen LogP contribution in [-0.2, 0) is 4.74 Å². The van der Waals surface area contributed by atoms with Crippen molar-refractivity contribution in [2.24, 2.45) is 0 Å². The molecule has 0 aromatic heterocycles. The second-order valence-corrected chi connectivity index (χ2v) is 6.69. The van der Waals surface area contributed by atoms with E-state index in [1.165, 1.54) is 6.07 Å². The molecule has 1 aliphatic carbocycles. The molecule has 3 N–H and O–H groups in total. The molecule has 1 fully saturated rings. The Morgan fingerprint density at radius 3 is 2.68 bits per heavy atom. The number of ether oxygens (including phenoxy) is 1. The lowest BCUT2D eigenvalue weighted by molar-refractivity contribution is 0.0522. The molecular weight excluding hydrogens is 287 g/mol. The molecule has 0 saturated heterocycles. The summed E-state index contributed by atoms with van der Waals surface area (Å²) in [5.41, 5.74) is 0.110. The minimum Gasteiger partial charge on any atom is -0.508 e. The molecule has 3 unspecified atom stereocenters. The van der Waals surface area contributed by atoms with E-state index in [0.717, 1.165) is 12.5 Å². The molecule has 122 valence electrons. The van der Waals surface area contributed by atoms with Crippen LogP contribution >= 0.6 is 0 Å². The summed E-state index contributed by atoms with van der Waals surface area (Å²) in [6.07, 6.45) is 0.366. The quantitative estimate of drug-likeness (QED) is 0.800. The van der Waals surface area contributed by atoms with E-state index in [-0.39, 0.29) is 23.9 Å². The summed E-state index contributed by atoms with van der Waals surface area (Å²) < 4.78 is 18.2. The number of alkyl carbamates (subject to hydrolysis) is 1. The van der Waals surface area contributed by atoms with Gasteiger partial charge in [0.15, 0.2) is 0 Å². The first-order chi connectivity index (χ1) is 10.2. The number of hydrogen-bond donors (Lipinski definition) is 3. The average molecular weight is 310 g/mol. The van der Waals surface area contributed by atoms with Crippen molar-refractivity contribution in [3.8, 4) is 5.75 Å². The molecule has 0 bridgehead atoms. The number of aromatic hydroxyl groups is 1. The number of halogens is 1. The number of phenolic OH excluding ortho intramolecular Hbond substituents is 1. The van der Waals surface area contributed by atoms with Gasteiger partial charge in [-0.2, -0.15) is 0 Å². The second-order valence-electron chi connectivity index (χ2n) is 6.69. The lowest BCUT2D eigenvalue weighted by Crippen LogP contribution is -2.37. The number of carbonyl (C=O) groups is 1. The van der Waals surface area contributed by atoms with Crippen LogP contribution in [0.4, 0.5) is 9.18 Å². The number of phenols is 1. The Kier molecular flexibility index (Phi) is 4.60. The molecule has 0 radical (unpaired) electrons. The minimum absolute atomic E-state index is 0.0138. The van der Waals surface area contributed by atoms with Crippen LogP contribution in [0.1, 0.15) is 45.7 Å². The van der Waals surface area contributed by atoms with Gasteiger partial charge in [0.05, 0.1) is 0 Å². The monoisotopic (exact) mass is 310 g/mol. The zero-order valence-corrected chi connectivity index (χ0v) is 13.3. The Morgan fingerprint density at radius 2 is 2.09 bits per heavy atom. The third-order valence-electron chi connectivity index (χ3n) is 3.42. The largest absolute Gasteiger partial charge is 0.508 e. The van der Waals surface area contributed by atoms with Crippen molar-refractivity contribution in [3.05, 3.63) is 29.6 Å². The summed E-state index contributed by atoms with van der Waals surface area (Å²) >= 11 is 0. The van der Waals surface area contributed by atoms with Crippen LogP contribution in [0.2, 0.25) is 0 Å². The van der Waals surface area contributed by atoms with Crippen LogP contribution in [0.3, 0.4) is 0 Å². The zero-order valence-electron chi connectivity index (χ0n) is 13.3. The van der Waals surface area contributed by atoms with E-state index in [1.807, 2.05) is 27.7 Å². The Bertz CT molecular complexity index is 557. The molecule has 1 aromatic carbocycles. The summed E-state index contributed by atoms with van der Waals surface area (Å²) in [5, 5.41) is 15.9. The predicted molar refractivity (Wildman–Crippen MR) is 81.2 cm³/mol. The lowest BCUT2D eigenvalue weighted by Gasteiger charge is -2.20. The number of rotatable bonds is 4. The van der Waals surface area contributed by atoms with E-state index in [2.05, 4.69) is 10.6 Å². The van der Waals surface area contributed by atoms with Gasteiger partial charge < -0.3 is 20.5 Å². The highest BCUT2D eigenvalue weighted by Gasteiger charge is 2.40. The standard InChI is InChI=1S/C16H23FN2O3/c1-9(11-6-5-10(17)7-14(11)20)18-12-8-13(12)19-15(21)22-16(2,3)4/h5-7,9,12-13,18,20H,8H2,1-4H3,(H,19,21). The first-order valence-corrected chi connectivity index (χ1v) is 7.39. The van der Waals surface area contributed by atoms with Crippen molar-refractivity contribution < 1.29 is 19.0 Å². The van der Waals surface area contributed by atoms with Gasteiger partial charge in [0.25, 0.3) is 0 Å². The highest BCUT2D eigenvalue weighted by Crippen LogP contribution is 2.29. The molecule has 0 spiro atoms. The van der Waals surface area contributed by atoms with Crippen LogP contribution in [0.15, 0.2) is 18.2 Å². The van der Waals surface area contributed by atoms with Crippen molar-refractivity contribution in [3.63, 3.8) is 0 Å². The van der Waals surface area contributed by atoms with Gasteiger partial charge in [0, 0.05) is 29.8 Å². The molecule has 0 aliphatic heterocycles. The van der Waals surface area contributed by atoms with Crippen LogP contribution < -0.4 is 10.6 Å². The van der Waals surface area contributed by atoms with E-state index >= 15 is 0 Å². The van der Waals surface area contributed by atoms with Crippen LogP contribution in [0.5, 0.6) is 5.75 Å². The van der Waals surface area contributed by atoms with Gasteiger partial charge in [-0.25, -0.2) is 9.18 Å². The fraction of sp³-hybridized carbons (Fsp3) is 0.562. The maximum atomic E-state index is 13.0. The molecule has 1 aliphatic rings. The Balaban J connectivity index is 1.82. The van der Waals surface area contributed by atoms with Crippen LogP contribution in [0, 0.1) is 5.82 Å². The molecule has 22 heavy (non-hydrogen) atoms. The fourth-order valence-electron chi connectivity index (χ4n) is 2.29. The van der Waals surface area contributed by atoms with Gasteiger partial charge in [-0.1, -0.05) is 6.07 Å². The summed E-state index contributed by atoms with van der Waals surface area (Å²) in [4.78, 5) is 11.7. The Labute approximate surface area is 129 Å². The highest BCUT2D eigenvalue weighted by molar-refractivity contribution is 5.68. The smallest absolute Gasteiger partial charge is 0.407 e. The molecule has 0 heterocycles. The van der Waals surface area contributed by atoms with Crippen molar-refractivity contribution in [1.29, 1.82) is 0 Å². The summed E-state index contributed by atoms with van der Waals surface area (Å²) in [5.74, 6) is -0.540. The van der Waals surface area contributed by atoms with E-state index in [1.54, 1.807) is 6.07 Å². The minimum atomic E-state index is -0.519. The summed E-state index contributed by atoms with van der Waals surface area (Å²) in [6.45, 7) is 7.33. The highest BCUT2D eigenvalue weighted by atomic mass is 19.1. The van der Waals surface area contributed by atoms with E-state index < -0.39 is 17.5 Å². The number of nitrogens with one attached hydrogen (secondary N) is 2. The molecule has 6 heteroatoms. The maximum Gasteiger partial charge on any atom is 0.407 e. The van der Waals surface area contributed by atoms with Crippen LogP contribution in [0.25, 0.3) is 0 Å². The number of amides is 1. The first-order valence-electron chi connectivity index (χ1n) is 7.39. The first kappa shape index (κ1) is 16.5. The summed E-state index contributed by atoms with van der Waals surface area (Å²) in [7, 11) is 0. The third-order valence-corrected chi connectivity index (χ3v) is 3.42. The topological polar surface area (TPSA) is 70.6 Å². The van der Waals surface area contributed by atoms with Gasteiger partial charge in [0.1, 0.15) is 17.2 Å². The van der Waals surface area contributed by atoms with Crippen molar-refractivity contribution in [2.75, 3.05) is 0 Å². The normalized spacial score (nSPS) is 22.0. The van der Waals surface area contributed by atoms with Crippen molar-refractivity contribution in [1.82, 2.24) is 10.6 Å². The zero-order chi connectivity index (χ0) is 16.5. The van der Waals surface area contributed by atoms with Gasteiger partial charge in [-0.3, -0.25) is 0 Å².